The van der Waals surface area contributed by atoms with E-state index in [2.05, 4.69) is 8.92 Å². The van der Waals surface area contributed by atoms with Gasteiger partial charge < -0.3 is 8.92 Å². The predicted molar refractivity (Wildman–Crippen MR) is 60.6 cm³/mol. The molecule has 0 heterocycles. The molecule has 0 aliphatic heterocycles. The van der Waals surface area contributed by atoms with E-state index < -0.39 is 31.6 Å². The number of carbonyl (C=O) groups is 2. The average molecular weight is 312 g/mol. The van der Waals surface area contributed by atoms with Crippen LogP contribution in [0, 0.1) is 0 Å². The van der Waals surface area contributed by atoms with Crippen molar-refractivity contribution in [2.45, 2.75) is 22.4 Å². The molecule has 94 valence electrons. The molecule has 0 rings (SSSR count). The second-order valence-electron chi connectivity index (χ2n) is 3.11. The maximum atomic E-state index is 11.5. The molecule has 0 saturated carbocycles. The number of esters is 1. The van der Waals surface area contributed by atoms with Gasteiger partial charge in [0, 0.05) is 0 Å². The first-order valence-corrected chi connectivity index (χ1v) is 6.04. The number of rotatable bonds is 3. The Morgan fingerprint density at radius 2 is 1.56 bits per heavy atom. The molecule has 0 bridgehead atoms. The summed E-state index contributed by atoms with van der Waals surface area (Å²) in [6.07, 6.45) is 0. The highest BCUT2D eigenvalue weighted by atomic mass is 35.6. The zero-order valence-electron chi connectivity index (χ0n) is 8.58. The summed E-state index contributed by atoms with van der Waals surface area (Å²) in [5.41, 5.74) is 0. The minimum Gasteiger partial charge on any atom is -0.468 e. The first-order valence-electron chi connectivity index (χ1n) is 3.83. The zero-order valence-corrected chi connectivity index (χ0v) is 11.7. The van der Waals surface area contributed by atoms with Crippen LogP contribution in [0.1, 0.15) is 13.8 Å². The molecule has 5 nitrogen and oxygen atoms in total. The molecular weight excluding hydrogens is 302 g/mol. The molecular formula is C7H9Cl3O5S. The van der Waals surface area contributed by atoms with Gasteiger partial charge in [0.1, 0.15) is 0 Å². The highest BCUT2D eigenvalue weighted by Gasteiger charge is 2.42. The Hall–Kier alpha value is -0.0400. The third-order valence-electron chi connectivity index (χ3n) is 1.48. The molecule has 0 aliphatic rings. The van der Waals surface area contributed by atoms with Crippen molar-refractivity contribution in [2.75, 3.05) is 7.11 Å². The van der Waals surface area contributed by atoms with Crippen molar-refractivity contribution < 1.29 is 22.7 Å². The summed E-state index contributed by atoms with van der Waals surface area (Å²) in [6.45, 7) is 2.53. The van der Waals surface area contributed by atoms with Gasteiger partial charge in [-0.25, -0.2) is 9.00 Å². The van der Waals surface area contributed by atoms with Crippen LogP contribution in [0.2, 0.25) is 0 Å². The third kappa shape index (κ3) is 4.08. The van der Waals surface area contributed by atoms with Crippen LogP contribution in [0.3, 0.4) is 0 Å². The van der Waals surface area contributed by atoms with E-state index in [1.165, 1.54) is 13.8 Å². The summed E-state index contributed by atoms with van der Waals surface area (Å²) < 4.78 is 16.3. The van der Waals surface area contributed by atoms with Gasteiger partial charge in [-0.3, -0.25) is 4.79 Å². The summed E-state index contributed by atoms with van der Waals surface area (Å²) in [4.78, 5) is 22.3. The van der Waals surface area contributed by atoms with Crippen molar-refractivity contribution in [1.82, 2.24) is 0 Å². The molecule has 0 saturated heterocycles. The molecule has 0 spiro atoms. The van der Waals surface area contributed by atoms with Crippen molar-refractivity contribution >= 4 is 57.8 Å². The molecule has 0 fully saturated rings. The highest BCUT2D eigenvalue weighted by Crippen LogP contribution is 2.29. The molecule has 0 N–H and O–H groups in total. The summed E-state index contributed by atoms with van der Waals surface area (Å²) >= 11 is 13.3. The van der Waals surface area contributed by atoms with E-state index in [0.29, 0.717) is 0 Å². The molecule has 0 aromatic heterocycles. The second-order valence-corrected chi connectivity index (χ2v) is 7.04. The number of ether oxygens (including phenoxy) is 1. The standard InChI is InChI=1S/C7H9Cl3O5S/c1-6(2,4(11)14-3)16(13)15-5(12)7(8,9)10/h1-3H3. The summed E-state index contributed by atoms with van der Waals surface area (Å²) in [6, 6.07) is 0. The lowest BCUT2D eigenvalue weighted by molar-refractivity contribution is -0.142. The SMILES string of the molecule is COC(=O)C(C)(C)S(=O)OC(=O)C(Cl)(Cl)Cl. The number of methoxy groups -OCH3 is 1. The maximum Gasteiger partial charge on any atom is 0.372 e. The molecule has 0 aromatic rings. The van der Waals surface area contributed by atoms with Gasteiger partial charge in [0.05, 0.1) is 7.11 Å². The topological polar surface area (TPSA) is 69.7 Å². The number of carbonyl (C=O) groups excluding carboxylic acids is 2. The Balaban J connectivity index is 4.72. The van der Waals surface area contributed by atoms with Crippen molar-refractivity contribution in [1.29, 1.82) is 0 Å². The molecule has 0 amide bonds. The van der Waals surface area contributed by atoms with Crippen LogP contribution in [0.4, 0.5) is 0 Å². The summed E-state index contributed by atoms with van der Waals surface area (Å²) in [5.74, 6) is -2.14. The lowest BCUT2D eigenvalue weighted by Crippen LogP contribution is -2.40. The molecule has 0 radical (unpaired) electrons. The van der Waals surface area contributed by atoms with Gasteiger partial charge in [0.25, 0.3) is 3.79 Å². The predicted octanol–water partition coefficient (Wildman–Crippen LogP) is 1.52. The van der Waals surface area contributed by atoms with Gasteiger partial charge >= 0.3 is 11.9 Å². The van der Waals surface area contributed by atoms with Crippen LogP contribution >= 0.6 is 34.8 Å². The summed E-state index contributed by atoms with van der Waals surface area (Å²) in [5, 5.41) is 0. The number of alkyl halides is 3. The molecule has 1 atom stereocenters. The van der Waals surface area contributed by atoms with E-state index in [9.17, 15) is 13.8 Å². The Morgan fingerprint density at radius 3 is 1.88 bits per heavy atom. The van der Waals surface area contributed by atoms with Crippen LogP contribution in [0.5, 0.6) is 0 Å². The third-order valence-corrected chi connectivity index (χ3v) is 3.24. The van der Waals surface area contributed by atoms with Gasteiger partial charge in [-0.15, -0.1) is 0 Å². The first-order chi connectivity index (χ1) is 7.03. The fraction of sp³-hybridized carbons (Fsp3) is 0.714. The number of hydrogen-bond donors (Lipinski definition) is 0. The van der Waals surface area contributed by atoms with E-state index in [0.717, 1.165) is 7.11 Å². The van der Waals surface area contributed by atoms with Gasteiger partial charge in [-0.05, 0) is 13.8 Å². The Bertz CT molecular complexity index is 322. The van der Waals surface area contributed by atoms with Crippen molar-refractivity contribution in [3.05, 3.63) is 0 Å². The van der Waals surface area contributed by atoms with E-state index in [-0.39, 0.29) is 0 Å². The largest absolute Gasteiger partial charge is 0.468 e. The van der Waals surface area contributed by atoms with E-state index in [1.807, 2.05) is 0 Å². The smallest absolute Gasteiger partial charge is 0.372 e. The van der Waals surface area contributed by atoms with Gasteiger partial charge in [0.2, 0.25) is 11.1 Å². The van der Waals surface area contributed by atoms with Crippen molar-refractivity contribution in [3.63, 3.8) is 0 Å². The second kappa shape index (κ2) is 5.53. The minimum absolute atomic E-state index is 0.817. The molecule has 16 heavy (non-hydrogen) atoms. The van der Waals surface area contributed by atoms with Gasteiger partial charge in [0.15, 0.2) is 4.75 Å². The lowest BCUT2D eigenvalue weighted by Gasteiger charge is -2.20. The van der Waals surface area contributed by atoms with E-state index in [1.54, 1.807) is 0 Å². The van der Waals surface area contributed by atoms with Gasteiger partial charge in [-0.2, -0.15) is 0 Å². The normalized spacial score (nSPS) is 14.1. The molecule has 0 aromatic carbocycles. The molecule has 1 unspecified atom stereocenters. The fourth-order valence-electron chi connectivity index (χ4n) is 0.534. The fourth-order valence-corrected chi connectivity index (χ4v) is 1.48. The Morgan fingerprint density at radius 1 is 1.12 bits per heavy atom. The lowest BCUT2D eigenvalue weighted by atomic mass is 10.2. The number of halogens is 3. The van der Waals surface area contributed by atoms with E-state index >= 15 is 0 Å². The monoisotopic (exact) mass is 310 g/mol. The Kier molecular flexibility index (Phi) is 5.52. The molecule has 0 aliphatic carbocycles. The van der Waals surface area contributed by atoms with Gasteiger partial charge in [-0.1, -0.05) is 34.8 Å². The van der Waals surface area contributed by atoms with Crippen LogP contribution in [-0.4, -0.2) is 31.8 Å². The number of hydrogen-bond acceptors (Lipinski definition) is 5. The van der Waals surface area contributed by atoms with Crippen molar-refractivity contribution in [2.24, 2.45) is 0 Å². The average Bonchev–Trinajstić information content (AvgIpc) is 2.14. The Labute approximate surface area is 110 Å². The summed E-state index contributed by atoms with van der Waals surface area (Å²) in [7, 11) is 1.11. The van der Waals surface area contributed by atoms with Crippen LogP contribution < -0.4 is 0 Å². The first kappa shape index (κ1) is 16.0. The van der Waals surface area contributed by atoms with Crippen LogP contribution in [0.15, 0.2) is 0 Å². The maximum absolute atomic E-state index is 11.5. The minimum atomic E-state index is -2.35. The zero-order chi connectivity index (χ0) is 13.1. The molecule has 9 heteroatoms. The highest BCUT2D eigenvalue weighted by molar-refractivity contribution is 7.83. The van der Waals surface area contributed by atoms with Crippen LogP contribution in [-0.2, 0) is 29.6 Å². The van der Waals surface area contributed by atoms with E-state index in [4.69, 9.17) is 34.8 Å². The quantitative estimate of drug-likeness (QED) is 0.584. The van der Waals surface area contributed by atoms with Crippen molar-refractivity contribution in [3.8, 4) is 0 Å². The van der Waals surface area contributed by atoms with Crippen LogP contribution in [0.25, 0.3) is 0 Å².